The molecule has 0 aliphatic rings. The molecule has 0 atom stereocenters. The van der Waals surface area contributed by atoms with Crippen LogP contribution in [0.5, 0.6) is 0 Å². The van der Waals surface area contributed by atoms with Gasteiger partial charge in [0, 0.05) is 13.7 Å². The van der Waals surface area contributed by atoms with Crippen molar-refractivity contribution in [3.8, 4) is 6.07 Å². The predicted octanol–water partition coefficient (Wildman–Crippen LogP) is 1.94. The zero-order chi connectivity index (χ0) is 10.9. The second-order valence-corrected chi connectivity index (χ2v) is 4.20. The molecule has 0 saturated carbocycles. The van der Waals surface area contributed by atoms with Crippen molar-refractivity contribution in [2.45, 2.75) is 33.1 Å². The summed E-state index contributed by atoms with van der Waals surface area (Å²) in [7, 11) is 1.71. The third kappa shape index (κ3) is 8.03. The van der Waals surface area contributed by atoms with E-state index in [0.717, 1.165) is 39.0 Å². The number of methoxy groups -OCH3 is 1. The molecule has 0 aromatic rings. The largest absolute Gasteiger partial charge is 0.383 e. The molecule has 0 spiro atoms. The molecule has 0 heterocycles. The highest BCUT2D eigenvalue weighted by atomic mass is 16.5. The predicted molar refractivity (Wildman–Crippen MR) is 58.0 cm³/mol. The molecule has 82 valence electrons. The van der Waals surface area contributed by atoms with Gasteiger partial charge >= 0.3 is 0 Å². The summed E-state index contributed by atoms with van der Waals surface area (Å²) in [4.78, 5) is 0. The SMILES string of the molecule is COCCNCCCCC(C)(C)C#N. The second kappa shape index (κ2) is 7.78. The molecule has 0 aromatic carbocycles. The van der Waals surface area contributed by atoms with Gasteiger partial charge in [0.2, 0.25) is 0 Å². The topological polar surface area (TPSA) is 45.0 Å². The fraction of sp³-hybridized carbons (Fsp3) is 0.909. The van der Waals surface area contributed by atoms with E-state index in [1.165, 1.54) is 0 Å². The first kappa shape index (κ1) is 13.4. The van der Waals surface area contributed by atoms with E-state index in [1.54, 1.807) is 7.11 Å². The van der Waals surface area contributed by atoms with Gasteiger partial charge in [0.15, 0.2) is 0 Å². The van der Waals surface area contributed by atoms with Gasteiger partial charge in [-0.15, -0.1) is 0 Å². The lowest BCUT2D eigenvalue weighted by Crippen LogP contribution is -2.20. The van der Waals surface area contributed by atoms with E-state index in [1.807, 2.05) is 13.8 Å². The van der Waals surface area contributed by atoms with Gasteiger partial charge in [0.05, 0.1) is 18.1 Å². The molecule has 0 saturated heterocycles. The summed E-state index contributed by atoms with van der Waals surface area (Å²) in [6.45, 7) is 6.68. The molecule has 0 aliphatic heterocycles. The number of nitrogens with one attached hydrogen (secondary N) is 1. The number of nitriles is 1. The summed E-state index contributed by atoms with van der Waals surface area (Å²) in [6.07, 6.45) is 3.23. The van der Waals surface area contributed by atoms with Crippen molar-refractivity contribution in [3.63, 3.8) is 0 Å². The first-order valence-electron chi connectivity index (χ1n) is 5.23. The number of hydrogen-bond donors (Lipinski definition) is 1. The summed E-state index contributed by atoms with van der Waals surface area (Å²) < 4.78 is 4.91. The maximum atomic E-state index is 8.78. The standard InChI is InChI=1S/C11H22N2O/c1-11(2,10-12)6-4-5-7-13-8-9-14-3/h13H,4-9H2,1-3H3. The minimum absolute atomic E-state index is 0.160. The van der Waals surface area contributed by atoms with E-state index >= 15 is 0 Å². The molecule has 1 N–H and O–H groups in total. The molecule has 0 unspecified atom stereocenters. The minimum Gasteiger partial charge on any atom is -0.383 e. The fourth-order valence-electron chi connectivity index (χ4n) is 1.17. The van der Waals surface area contributed by atoms with Crippen LogP contribution in [0.3, 0.4) is 0 Å². The Morgan fingerprint density at radius 3 is 2.57 bits per heavy atom. The van der Waals surface area contributed by atoms with Crippen molar-refractivity contribution in [2.75, 3.05) is 26.8 Å². The monoisotopic (exact) mass is 198 g/mol. The minimum atomic E-state index is -0.160. The first-order chi connectivity index (χ1) is 6.62. The van der Waals surface area contributed by atoms with Crippen LogP contribution in [0.25, 0.3) is 0 Å². The van der Waals surface area contributed by atoms with Gasteiger partial charge < -0.3 is 10.1 Å². The third-order valence-electron chi connectivity index (χ3n) is 2.19. The summed E-state index contributed by atoms with van der Waals surface area (Å²) >= 11 is 0. The maximum Gasteiger partial charge on any atom is 0.0683 e. The van der Waals surface area contributed by atoms with Crippen LogP contribution in [0.15, 0.2) is 0 Å². The Kier molecular flexibility index (Phi) is 7.45. The van der Waals surface area contributed by atoms with Gasteiger partial charge in [-0.05, 0) is 33.2 Å². The highest BCUT2D eigenvalue weighted by Gasteiger charge is 2.14. The number of unbranched alkanes of at least 4 members (excludes halogenated alkanes) is 1. The molecule has 3 heteroatoms. The number of ether oxygens (including phenoxy) is 1. The normalized spacial score (nSPS) is 11.3. The molecule has 14 heavy (non-hydrogen) atoms. The summed E-state index contributed by atoms with van der Waals surface area (Å²) in [6, 6.07) is 2.31. The quantitative estimate of drug-likeness (QED) is 0.606. The molecule has 3 nitrogen and oxygen atoms in total. The lowest BCUT2D eigenvalue weighted by Gasteiger charge is -2.14. The van der Waals surface area contributed by atoms with Crippen LogP contribution in [0, 0.1) is 16.7 Å². The van der Waals surface area contributed by atoms with Crippen molar-refractivity contribution in [1.29, 1.82) is 5.26 Å². The van der Waals surface area contributed by atoms with Crippen LogP contribution in [-0.4, -0.2) is 26.8 Å². The Morgan fingerprint density at radius 2 is 2.00 bits per heavy atom. The fourth-order valence-corrected chi connectivity index (χ4v) is 1.17. The van der Waals surface area contributed by atoms with Gasteiger partial charge in [-0.3, -0.25) is 0 Å². The van der Waals surface area contributed by atoms with Crippen LogP contribution >= 0.6 is 0 Å². The van der Waals surface area contributed by atoms with E-state index in [4.69, 9.17) is 10.00 Å². The number of hydrogen-bond acceptors (Lipinski definition) is 3. The highest BCUT2D eigenvalue weighted by molar-refractivity contribution is 4.91. The Hall–Kier alpha value is -0.590. The maximum absolute atomic E-state index is 8.78. The van der Waals surface area contributed by atoms with E-state index in [2.05, 4.69) is 11.4 Å². The van der Waals surface area contributed by atoms with Crippen LogP contribution in [0.4, 0.5) is 0 Å². The van der Waals surface area contributed by atoms with Crippen LogP contribution in [0.2, 0.25) is 0 Å². The van der Waals surface area contributed by atoms with E-state index < -0.39 is 0 Å². The Balaban J connectivity index is 3.18. The molecule has 0 bridgehead atoms. The second-order valence-electron chi connectivity index (χ2n) is 4.20. The molecule has 0 fully saturated rings. The van der Waals surface area contributed by atoms with E-state index in [9.17, 15) is 0 Å². The third-order valence-corrected chi connectivity index (χ3v) is 2.19. The number of rotatable bonds is 8. The van der Waals surface area contributed by atoms with Crippen molar-refractivity contribution in [3.05, 3.63) is 0 Å². The zero-order valence-electron chi connectivity index (χ0n) is 9.60. The summed E-state index contributed by atoms with van der Waals surface area (Å²) in [5.41, 5.74) is -0.160. The lowest BCUT2D eigenvalue weighted by molar-refractivity contribution is 0.199. The number of nitrogens with zero attached hydrogens (tertiary/aromatic N) is 1. The van der Waals surface area contributed by atoms with Crippen molar-refractivity contribution in [1.82, 2.24) is 5.32 Å². The molecule has 0 radical (unpaired) electrons. The molecular formula is C11H22N2O. The van der Waals surface area contributed by atoms with E-state index in [0.29, 0.717) is 0 Å². The van der Waals surface area contributed by atoms with Gasteiger partial charge in [-0.25, -0.2) is 0 Å². The Morgan fingerprint density at radius 1 is 1.29 bits per heavy atom. The van der Waals surface area contributed by atoms with Crippen molar-refractivity contribution in [2.24, 2.45) is 5.41 Å². The lowest BCUT2D eigenvalue weighted by atomic mass is 9.89. The molecule has 0 aromatic heterocycles. The summed E-state index contributed by atoms with van der Waals surface area (Å²) in [5.74, 6) is 0. The Bertz CT molecular complexity index is 173. The van der Waals surface area contributed by atoms with E-state index in [-0.39, 0.29) is 5.41 Å². The average molecular weight is 198 g/mol. The molecule has 0 rings (SSSR count). The van der Waals surface area contributed by atoms with Crippen molar-refractivity contribution < 1.29 is 4.74 Å². The molecule has 0 aliphatic carbocycles. The van der Waals surface area contributed by atoms with Crippen molar-refractivity contribution >= 4 is 0 Å². The smallest absolute Gasteiger partial charge is 0.0683 e. The van der Waals surface area contributed by atoms with Crippen LogP contribution in [0.1, 0.15) is 33.1 Å². The molecular weight excluding hydrogens is 176 g/mol. The van der Waals surface area contributed by atoms with Crippen LogP contribution < -0.4 is 5.32 Å². The summed E-state index contributed by atoms with van der Waals surface area (Å²) in [5, 5.41) is 12.1. The zero-order valence-corrected chi connectivity index (χ0v) is 9.60. The average Bonchev–Trinajstić information content (AvgIpc) is 2.16. The van der Waals surface area contributed by atoms with Gasteiger partial charge in [0.25, 0.3) is 0 Å². The van der Waals surface area contributed by atoms with Crippen LogP contribution in [-0.2, 0) is 4.74 Å². The Labute approximate surface area is 87.4 Å². The van der Waals surface area contributed by atoms with Gasteiger partial charge in [0.1, 0.15) is 0 Å². The van der Waals surface area contributed by atoms with Gasteiger partial charge in [-0.2, -0.15) is 5.26 Å². The first-order valence-corrected chi connectivity index (χ1v) is 5.23. The van der Waals surface area contributed by atoms with Gasteiger partial charge in [-0.1, -0.05) is 6.42 Å². The molecule has 0 amide bonds. The highest BCUT2D eigenvalue weighted by Crippen LogP contribution is 2.21.